The zero-order chi connectivity index (χ0) is 11.7. The van der Waals surface area contributed by atoms with Gasteiger partial charge in [0, 0.05) is 7.05 Å². The molecule has 0 aliphatic carbocycles. The second kappa shape index (κ2) is 3.89. The summed E-state index contributed by atoms with van der Waals surface area (Å²) in [4.78, 5) is 0. The quantitative estimate of drug-likeness (QED) is 0.712. The molecule has 0 fully saturated rings. The molecule has 1 atom stereocenters. The molecule has 0 bridgehead atoms. The Morgan fingerprint density at radius 3 is 2.81 bits per heavy atom. The molecule has 2 aromatic rings. The van der Waals surface area contributed by atoms with Crippen molar-refractivity contribution in [3.05, 3.63) is 17.1 Å². The number of aromatic amines is 1. The molecule has 0 aliphatic heterocycles. The molecule has 3 N–H and O–H groups in total. The molecule has 8 nitrogen and oxygen atoms in total. The summed E-state index contributed by atoms with van der Waals surface area (Å²) in [5.74, 6) is 1.02. The Labute approximate surface area is 91.8 Å². The fraction of sp³-hybridized carbons (Fsp3) is 0.500. The van der Waals surface area contributed by atoms with E-state index in [4.69, 9.17) is 10.5 Å². The van der Waals surface area contributed by atoms with Crippen molar-refractivity contribution in [3.63, 3.8) is 0 Å². The number of nitrogens with one attached hydrogen (secondary N) is 1. The summed E-state index contributed by atoms with van der Waals surface area (Å²) in [5.41, 5.74) is 7.59. The minimum atomic E-state index is -0.498. The van der Waals surface area contributed by atoms with Gasteiger partial charge in [-0.2, -0.15) is 10.3 Å². The van der Waals surface area contributed by atoms with Crippen LogP contribution < -0.4 is 10.5 Å². The van der Waals surface area contributed by atoms with E-state index in [-0.39, 0.29) is 0 Å². The van der Waals surface area contributed by atoms with Crippen LogP contribution >= 0.6 is 0 Å². The molecule has 0 amide bonds. The largest absolute Gasteiger partial charge is 0.481 e. The van der Waals surface area contributed by atoms with Crippen molar-refractivity contribution in [2.45, 2.75) is 13.0 Å². The van der Waals surface area contributed by atoms with E-state index in [1.165, 1.54) is 0 Å². The number of methoxy groups -OCH3 is 1. The van der Waals surface area contributed by atoms with Crippen LogP contribution in [0.25, 0.3) is 0 Å². The van der Waals surface area contributed by atoms with Gasteiger partial charge in [-0.1, -0.05) is 5.21 Å². The molecule has 1 unspecified atom stereocenters. The van der Waals surface area contributed by atoms with E-state index in [9.17, 15) is 0 Å². The molecule has 2 rings (SSSR count). The number of hydrogen-bond donors (Lipinski definition) is 2. The number of H-pyrrole nitrogens is 1. The number of nitrogens with zero attached hydrogens (tertiary/aromatic N) is 5. The van der Waals surface area contributed by atoms with Gasteiger partial charge in [0.15, 0.2) is 5.82 Å². The van der Waals surface area contributed by atoms with Gasteiger partial charge in [0.1, 0.15) is 6.04 Å². The number of rotatable bonds is 3. The summed E-state index contributed by atoms with van der Waals surface area (Å²) in [7, 11) is 3.36. The van der Waals surface area contributed by atoms with Crippen molar-refractivity contribution in [2.75, 3.05) is 7.11 Å². The van der Waals surface area contributed by atoms with Crippen molar-refractivity contribution < 1.29 is 4.74 Å². The number of aryl methyl sites for hydroxylation is 2. The maximum Gasteiger partial charge on any atom is 0.216 e. The average molecular weight is 223 g/mol. The number of hydrogen-bond acceptors (Lipinski definition) is 6. The molecule has 0 aliphatic rings. The first-order valence-electron chi connectivity index (χ1n) is 4.71. The van der Waals surface area contributed by atoms with Gasteiger partial charge in [-0.05, 0) is 6.92 Å². The summed E-state index contributed by atoms with van der Waals surface area (Å²) in [6, 6.07) is -0.498. The minimum Gasteiger partial charge on any atom is -0.481 e. The maximum atomic E-state index is 6.03. The molecule has 2 aromatic heterocycles. The zero-order valence-corrected chi connectivity index (χ0v) is 9.30. The molecule has 8 heteroatoms. The lowest BCUT2D eigenvalue weighted by Gasteiger charge is -2.09. The molecular weight excluding hydrogens is 210 g/mol. The standard InChI is InChI=1S/C8H13N7O/c1-4-5(8(16-3)15(2)12-4)6(9)7-10-13-14-11-7/h6H,9H2,1-3H3,(H,10,11,13,14). The summed E-state index contributed by atoms with van der Waals surface area (Å²) < 4.78 is 6.88. The average Bonchev–Trinajstić information content (AvgIpc) is 2.84. The van der Waals surface area contributed by atoms with E-state index < -0.39 is 6.04 Å². The fourth-order valence-electron chi connectivity index (χ4n) is 1.68. The Balaban J connectivity index is 2.47. The third-order valence-electron chi connectivity index (χ3n) is 2.36. The summed E-state index contributed by atoms with van der Waals surface area (Å²) in [5, 5.41) is 17.8. The highest BCUT2D eigenvalue weighted by molar-refractivity contribution is 5.36. The van der Waals surface area contributed by atoms with Crippen molar-refractivity contribution in [1.29, 1.82) is 0 Å². The van der Waals surface area contributed by atoms with Gasteiger partial charge in [0.25, 0.3) is 0 Å². The van der Waals surface area contributed by atoms with E-state index in [0.717, 1.165) is 11.3 Å². The zero-order valence-electron chi connectivity index (χ0n) is 9.30. The van der Waals surface area contributed by atoms with Crippen LogP contribution in [0.1, 0.15) is 23.1 Å². The van der Waals surface area contributed by atoms with Crippen molar-refractivity contribution in [1.82, 2.24) is 30.4 Å². The highest BCUT2D eigenvalue weighted by atomic mass is 16.5. The first-order valence-corrected chi connectivity index (χ1v) is 4.71. The van der Waals surface area contributed by atoms with Crippen molar-refractivity contribution >= 4 is 0 Å². The van der Waals surface area contributed by atoms with E-state index in [0.29, 0.717) is 11.7 Å². The molecule has 86 valence electrons. The second-order valence-electron chi connectivity index (χ2n) is 3.38. The predicted molar refractivity (Wildman–Crippen MR) is 54.7 cm³/mol. The molecular formula is C8H13N7O. The second-order valence-corrected chi connectivity index (χ2v) is 3.38. The van der Waals surface area contributed by atoms with E-state index in [2.05, 4.69) is 25.7 Å². The smallest absolute Gasteiger partial charge is 0.216 e. The third-order valence-corrected chi connectivity index (χ3v) is 2.36. The highest BCUT2D eigenvalue weighted by Crippen LogP contribution is 2.28. The molecule has 16 heavy (non-hydrogen) atoms. The Kier molecular flexibility index (Phi) is 2.57. The van der Waals surface area contributed by atoms with Crippen molar-refractivity contribution in [2.24, 2.45) is 12.8 Å². The Bertz CT molecular complexity index is 475. The highest BCUT2D eigenvalue weighted by Gasteiger charge is 2.24. The van der Waals surface area contributed by atoms with Gasteiger partial charge in [-0.3, -0.25) is 0 Å². The number of tetrazole rings is 1. The van der Waals surface area contributed by atoms with Gasteiger partial charge in [-0.25, -0.2) is 4.68 Å². The van der Waals surface area contributed by atoms with Crippen LogP contribution in [0.5, 0.6) is 5.88 Å². The van der Waals surface area contributed by atoms with Crippen LogP contribution in [0.4, 0.5) is 0 Å². The summed E-state index contributed by atoms with van der Waals surface area (Å²) in [6.45, 7) is 1.86. The van der Waals surface area contributed by atoms with Crippen LogP contribution in [0.15, 0.2) is 0 Å². The van der Waals surface area contributed by atoms with Crippen LogP contribution in [0.2, 0.25) is 0 Å². The maximum absolute atomic E-state index is 6.03. The summed E-state index contributed by atoms with van der Waals surface area (Å²) in [6.07, 6.45) is 0. The van der Waals surface area contributed by atoms with Crippen LogP contribution in [0.3, 0.4) is 0 Å². The summed E-state index contributed by atoms with van der Waals surface area (Å²) >= 11 is 0. The van der Waals surface area contributed by atoms with Crippen LogP contribution in [0, 0.1) is 6.92 Å². The lowest BCUT2D eigenvalue weighted by Crippen LogP contribution is -2.15. The third kappa shape index (κ3) is 1.52. The number of ether oxygens (including phenoxy) is 1. The molecule has 0 spiro atoms. The van der Waals surface area contributed by atoms with E-state index in [1.807, 2.05) is 6.92 Å². The first-order chi connectivity index (χ1) is 7.65. The van der Waals surface area contributed by atoms with E-state index >= 15 is 0 Å². The first kappa shape index (κ1) is 10.6. The topological polar surface area (TPSA) is 108 Å². The lowest BCUT2D eigenvalue weighted by molar-refractivity contribution is 0.367. The Hall–Kier alpha value is -1.96. The molecule has 0 saturated carbocycles. The Morgan fingerprint density at radius 1 is 1.50 bits per heavy atom. The normalized spacial score (nSPS) is 12.8. The fourth-order valence-corrected chi connectivity index (χ4v) is 1.68. The van der Waals surface area contributed by atoms with Gasteiger partial charge >= 0.3 is 0 Å². The van der Waals surface area contributed by atoms with Crippen molar-refractivity contribution in [3.8, 4) is 5.88 Å². The molecule has 0 saturated heterocycles. The van der Waals surface area contributed by atoms with Gasteiger partial charge in [0.2, 0.25) is 5.88 Å². The van der Waals surface area contributed by atoms with Gasteiger partial charge in [-0.15, -0.1) is 10.2 Å². The van der Waals surface area contributed by atoms with Crippen LogP contribution in [-0.2, 0) is 7.05 Å². The minimum absolute atomic E-state index is 0.411. The number of nitrogens with two attached hydrogens (primary N) is 1. The van der Waals surface area contributed by atoms with Crippen LogP contribution in [-0.4, -0.2) is 37.5 Å². The SMILES string of the molecule is COc1c(C(N)c2nn[nH]n2)c(C)nn1C. The van der Waals surface area contributed by atoms with Gasteiger partial charge in [0.05, 0.1) is 18.4 Å². The van der Waals surface area contributed by atoms with Gasteiger partial charge < -0.3 is 10.5 Å². The number of aromatic nitrogens is 6. The monoisotopic (exact) mass is 223 g/mol. The lowest BCUT2D eigenvalue weighted by atomic mass is 10.1. The molecule has 2 heterocycles. The Morgan fingerprint density at radius 2 is 2.25 bits per heavy atom. The van der Waals surface area contributed by atoms with E-state index in [1.54, 1.807) is 18.8 Å². The molecule has 0 radical (unpaired) electrons. The predicted octanol–water partition coefficient (Wildman–Crippen LogP) is -0.702. The molecule has 0 aromatic carbocycles.